The Bertz CT molecular complexity index is 590. The third-order valence-electron chi connectivity index (χ3n) is 5.16. The molecule has 182 valence electrons. The molecule has 0 spiro atoms. The molecular weight excluding hydrogens is 613 g/mol. The highest BCUT2D eigenvalue weighted by Crippen LogP contribution is 2.51. The Morgan fingerprint density at radius 1 is 0.645 bits per heavy atom. The van der Waals surface area contributed by atoms with Crippen molar-refractivity contribution in [2.24, 2.45) is 0 Å². The van der Waals surface area contributed by atoms with Gasteiger partial charge < -0.3 is 0 Å². The summed E-state index contributed by atoms with van der Waals surface area (Å²) < 4.78 is 6.10. The topological polar surface area (TPSA) is 0 Å². The van der Waals surface area contributed by atoms with Crippen molar-refractivity contribution in [1.29, 1.82) is 0 Å². The number of hydrogen-bond acceptors (Lipinski definition) is 9. The maximum absolute atomic E-state index is 4.55. The molecular formula is C19H34S12. The molecule has 0 nitrogen and oxygen atoms in total. The first-order valence-corrected chi connectivity index (χ1v) is 23.1. The van der Waals surface area contributed by atoms with Crippen molar-refractivity contribution >= 4 is 152 Å². The van der Waals surface area contributed by atoms with E-state index in [2.05, 4.69) is 127 Å². The summed E-state index contributed by atoms with van der Waals surface area (Å²) >= 11 is 26.6. The smallest absolute Gasteiger partial charge is 0.0828 e. The minimum Gasteiger partial charge on any atom is -0.178 e. The lowest BCUT2D eigenvalue weighted by molar-refractivity contribution is 1.16. The Kier molecular flexibility index (Phi) is 14.5. The Labute approximate surface area is 239 Å². The minimum absolute atomic E-state index is 0.346. The molecule has 0 bridgehead atoms. The lowest BCUT2D eigenvalue weighted by atomic mass is 10.5. The Balaban J connectivity index is 1.91. The zero-order chi connectivity index (χ0) is 22.4. The zero-order valence-corrected chi connectivity index (χ0v) is 28.2. The van der Waals surface area contributed by atoms with E-state index in [1.54, 1.807) is 12.6 Å². The van der Waals surface area contributed by atoms with E-state index in [4.69, 9.17) is 0 Å². The van der Waals surface area contributed by atoms with Crippen LogP contribution in [0.4, 0.5) is 0 Å². The fraction of sp³-hybridized carbons (Fsp3) is 0.842. The van der Waals surface area contributed by atoms with Crippen LogP contribution < -0.4 is 0 Å². The van der Waals surface area contributed by atoms with Crippen molar-refractivity contribution in [1.82, 2.24) is 0 Å². The van der Waals surface area contributed by atoms with Crippen molar-refractivity contribution in [3.63, 3.8) is 0 Å². The fourth-order valence-electron chi connectivity index (χ4n) is 3.23. The lowest BCUT2D eigenvalue weighted by Gasteiger charge is -2.34. The summed E-state index contributed by atoms with van der Waals surface area (Å²) in [6.07, 6.45) is 7.74. The van der Waals surface area contributed by atoms with Gasteiger partial charge in [0.15, 0.2) is 0 Å². The molecule has 0 aliphatic carbocycles. The number of thiol groups is 3. The summed E-state index contributed by atoms with van der Waals surface area (Å²) in [4.78, 5) is 0. The van der Waals surface area contributed by atoms with Crippen LogP contribution in [0.25, 0.3) is 0 Å². The summed E-state index contributed by atoms with van der Waals surface area (Å²) in [6, 6.07) is 0. The molecule has 0 aromatic rings. The average molecular weight is 647 g/mol. The van der Waals surface area contributed by atoms with Crippen LogP contribution in [0.15, 0.2) is 0 Å². The van der Waals surface area contributed by atoms with E-state index >= 15 is 0 Å². The molecule has 0 saturated carbocycles. The summed E-state index contributed by atoms with van der Waals surface area (Å²) in [5, 5.41) is 2.17. The molecule has 6 atom stereocenters. The lowest BCUT2D eigenvalue weighted by Crippen LogP contribution is -2.23. The van der Waals surface area contributed by atoms with Crippen molar-refractivity contribution in [2.45, 2.75) is 19.7 Å². The first kappa shape index (κ1) is 29.4. The van der Waals surface area contributed by atoms with Gasteiger partial charge in [-0.2, -0.15) is 105 Å². The van der Waals surface area contributed by atoms with E-state index < -0.39 is 0 Å². The van der Waals surface area contributed by atoms with E-state index in [1.165, 1.54) is 34.5 Å². The molecule has 3 saturated heterocycles. The van der Waals surface area contributed by atoms with Gasteiger partial charge in [0.2, 0.25) is 0 Å². The van der Waals surface area contributed by atoms with Crippen LogP contribution in [0.2, 0.25) is 0 Å². The van der Waals surface area contributed by atoms with Crippen LogP contribution >= 0.6 is 140 Å². The van der Waals surface area contributed by atoms with Crippen LogP contribution in [0.5, 0.6) is 0 Å². The Hall–Kier alpha value is 3.81. The number of rotatable bonds is 6. The predicted molar refractivity (Wildman–Crippen MR) is 187 cm³/mol. The maximum Gasteiger partial charge on any atom is 0.0828 e. The normalized spacial score (nSPS) is 35.4. The second-order valence-corrected chi connectivity index (χ2v) is 23.6. The van der Waals surface area contributed by atoms with Gasteiger partial charge >= 0.3 is 0 Å². The van der Waals surface area contributed by atoms with Crippen LogP contribution in [-0.4, -0.2) is 103 Å². The van der Waals surface area contributed by atoms with E-state index in [1.807, 2.05) is 0 Å². The molecule has 31 heavy (non-hydrogen) atoms. The van der Waals surface area contributed by atoms with Gasteiger partial charge in [-0.1, -0.05) is 0 Å². The molecule has 3 rings (SSSR count). The van der Waals surface area contributed by atoms with Gasteiger partial charge in [-0.25, -0.2) is 0 Å². The molecule has 0 N–H and O–H groups in total. The maximum atomic E-state index is 4.55. The standard InChI is InChI=1S/C19H34S12/c1-29(16-10-23-13(4-20)7-26-16)19(30(2)17-11-24-14(5-21)8-27-17)31(3)18-12-25-15(6-22)9-28-18/h13-15,19-22H,4-12H2,1-3H3. The third kappa shape index (κ3) is 8.40. The molecule has 6 unspecified atom stereocenters. The summed E-state index contributed by atoms with van der Waals surface area (Å²) in [5.41, 5.74) is 0. The molecule has 0 aromatic carbocycles. The molecule has 3 aliphatic rings. The van der Waals surface area contributed by atoms with E-state index in [-0.39, 0.29) is 0 Å². The molecule has 3 heterocycles. The summed E-state index contributed by atoms with van der Waals surface area (Å²) in [6.45, 7) is 0. The van der Waals surface area contributed by atoms with Crippen molar-refractivity contribution in [3.05, 3.63) is 0 Å². The average Bonchev–Trinajstić information content (AvgIpc) is 2.84. The summed E-state index contributed by atoms with van der Waals surface area (Å²) in [5.74, 6) is 10.5. The van der Waals surface area contributed by atoms with Gasteiger partial charge in [0.05, 0.1) is 3.91 Å². The molecule has 3 fully saturated rings. The van der Waals surface area contributed by atoms with E-state index in [0.29, 0.717) is 31.5 Å². The van der Waals surface area contributed by atoms with Gasteiger partial charge in [0.25, 0.3) is 0 Å². The van der Waals surface area contributed by atoms with Gasteiger partial charge in [0.1, 0.15) is 0 Å². The van der Waals surface area contributed by atoms with Gasteiger partial charge in [0, 0.05) is 80.1 Å². The van der Waals surface area contributed by atoms with Gasteiger partial charge in [-0.15, -0.1) is 35.3 Å². The highest BCUT2D eigenvalue weighted by Gasteiger charge is 2.28. The molecule has 0 radical (unpaired) electrons. The first-order valence-electron chi connectivity index (χ1n) is 10.1. The van der Waals surface area contributed by atoms with Crippen LogP contribution in [0.3, 0.4) is 0 Å². The van der Waals surface area contributed by atoms with Crippen molar-refractivity contribution < 1.29 is 0 Å². The largest absolute Gasteiger partial charge is 0.178 e. The number of hydrogen-bond donors (Lipinski definition) is 3. The monoisotopic (exact) mass is 646 g/mol. The Morgan fingerprint density at radius 3 is 1.13 bits per heavy atom. The second-order valence-electron chi connectivity index (χ2n) is 7.36. The second kappa shape index (κ2) is 15.3. The van der Waals surface area contributed by atoms with Gasteiger partial charge in [-0.05, 0) is 18.8 Å². The zero-order valence-electron chi connectivity index (χ0n) is 18.2. The highest BCUT2D eigenvalue weighted by atomic mass is 32.3. The molecule has 12 heteroatoms. The van der Waals surface area contributed by atoms with Gasteiger partial charge in [-0.3, -0.25) is 0 Å². The minimum atomic E-state index is 0.346. The van der Waals surface area contributed by atoms with Crippen molar-refractivity contribution in [2.75, 3.05) is 70.5 Å². The molecule has 0 amide bonds. The van der Waals surface area contributed by atoms with E-state index in [0.717, 1.165) is 36.9 Å². The van der Waals surface area contributed by atoms with Crippen LogP contribution in [0, 0.1) is 0 Å². The highest BCUT2D eigenvalue weighted by molar-refractivity contribution is 8.55. The molecule has 0 aromatic heterocycles. The SMILES string of the molecule is CS(=C1CSC(CS)CS1)C(S(C)=C1CSC(CS)CS1)S(C)=C1CSC(CS)CS1. The Morgan fingerprint density at radius 2 is 0.935 bits per heavy atom. The molecule has 3 aliphatic heterocycles. The summed E-state index contributed by atoms with van der Waals surface area (Å²) in [7, 11) is 1.04. The van der Waals surface area contributed by atoms with Crippen LogP contribution in [-0.2, 0) is 0 Å². The van der Waals surface area contributed by atoms with Crippen molar-refractivity contribution in [3.8, 4) is 0 Å². The van der Waals surface area contributed by atoms with E-state index in [9.17, 15) is 0 Å². The number of thioether (sulfide) groups is 6. The quantitative estimate of drug-likeness (QED) is 0.216. The first-order chi connectivity index (χ1) is 15.0. The third-order valence-corrected chi connectivity index (χ3v) is 28.8. The fourth-order valence-corrected chi connectivity index (χ4v) is 26.9. The predicted octanol–water partition coefficient (Wildman–Crippen LogP) is 6.69. The van der Waals surface area contributed by atoms with Crippen LogP contribution in [0.1, 0.15) is 0 Å².